The van der Waals surface area contributed by atoms with Gasteiger partial charge in [0.15, 0.2) is 0 Å². The van der Waals surface area contributed by atoms with Gasteiger partial charge >= 0.3 is 0 Å². The van der Waals surface area contributed by atoms with Crippen LogP contribution in [0.2, 0.25) is 0 Å². The standard InChI is InChI=1S/C26H34N4O5/c1-6-17-10-18(8-15(4)23(17)34-13-21(31)12-22(32)24(27)33)25-29-30-26(35-25)19-9-16(5)28-20(11-19)7-14(2)3/h8-11,14,21-22,31-32H,6-7,12-13H2,1-5H3,(H2,27,33)/t21-,22?/m1/s1. The molecule has 0 spiro atoms. The van der Waals surface area contributed by atoms with E-state index in [1.165, 1.54) is 0 Å². The Morgan fingerprint density at radius 2 is 1.74 bits per heavy atom. The maximum Gasteiger partial charge on any atom is 0.248 e. The number of primary amides is 1. The van der Waals surface area contributed by atoms with Gasteiger partial charge in [-0.3, -0.25) is 9.78 Å². The SMILES string of the molecule is CCc1cc(-c2nnc(-c3cc(C)nc(CC(C)C)c3)o2)cc(C)c1OC[C@H](O)CC(O)C(N)=O. The number of nitrogens with two attached hydrogens (primary N) is 1. The van der Waals surface area contributed by atoms with Crippen molar-refractivity contribution in [3.05, 3.63) is 46.8 Å². The smallest absolute Gasteiger partial charge is 0.248 e. The summed E-state index contributed by atoms with van der Waals surface area (Å²) >= 11 is 0. The first-order valence-corrected chi connectivity index (χ1v) is 11.8. The van der Waals surface area contributed by atoms with E-state index in [1.54, 1.807) is 0 Å². The molecule has 0 bridgehead atoms. The maximum atomic E-state index is 11.0. The molecule has 3 aromatic rings. The molecule has 0 aliphatic carbocycles. The van der Waals surface area contributed by atoms with E-state index in [0.717, 1.165) is 40.1 Å². The Morgan fingerprint density at radius 3 is 2.34 bits per heavy atom. The number of aryl methyl sites for hydroxylation is 3. The number of aliphatic hydroxyl groups excluding tert-OH is 2. The highest BCUT2D eigenvalue weighted by Crippen LogP contribution is 2.32. The van der Waals surface area contributed by atoms with E-state index >= 15 is 0 Å². The second-order valence-electron chi connectivity index (χ2n) is 9.25. The van der Waals surface area contributed by atoms with Gasteiger partial charge in [0.1, 0.15) is 18.5 Å². The summed E-state index contributed by atoms with van der Waals surface area (Å²) in [6.07, 6.45) is -1.10. The lowest BCUT2D eigenvalue weighted by Crippen LogP contribution is -2.33. The molecule has 0 saturated carbocycles. The van der Waals surface area contributed by atoms with Gasteiger partial charge in [0.05, 0.1) is 6.10 Å². The zero-order chi connectivity index (χ0) is 25.7. The number of carbonyl (C=O) groups excluding carboxylic acids is 1. The molecule has 0 saturated heterocycles. The van der Waals surface area contributed by atoms with E-state index in [4.69, 9.17) is 14.9 Å². The minimum Gasteiger partial charge on any atom is -0.490 e. The number of aromatic nitrogens is 3. The Labute approximate surface area is 205 Å². The highest BCUT2D eigenvalue weighted by molar-refractivity contribution is 5.78. The molecule has 0 aliphatic rings. The highest BCUT2D eigenvalue weighted by Gasteiger charge is 2.20. The molecule has 1 unspecified atom stereocenters. The fourth-order valence-corrected chi connectivity index (χ4v) is 3.90. The Morgan fingerprint density at radius 1 is 1.09 bits per heavy atom. The third-order valence-electron chi connectivity index (χ3n) is 5.52. The monoisotopic (exact) mass is 482 g/mol. The van der Waals surface area contributed by atoms with E-state index in [9.17, 15) is 15.0 Å². The molecular formula is C26H34N4O5. The summed E-state index contributed by atoms with van der Waals surface area (Å²) in [6.45, 7) is 10.1. The molecule has 2 aromatic heterocycles. The third-order valence-corrected chi connectivity index (χ3v) is 5.52. The molecule has 35 heavy (non-hydrogen) atoms. The number of nitrogens with zero attached hydrogens (tertiary/aromatic N) is 3. The number of hydrogen-bond donors (Lipinski definition) is 3. The molecule has 4 N–H and O–H groups in total. The summed E-state index contributed by atoms with van der Waals surface area (Å²) in [5.74, 6) is 1.07. The minimum atomic E-state index is -1.42. The van der Waals surface area contributed by atoms with E-state index in [1.807, 2.05) is 45.0 Å². The van der Waals surface area contributed by atoms with E-state index < -0.39 is 18.1 Å². The summed E-state index contributed by atoms with van der Waals surface area (Å²) in [4.78, 5) is 15.6. The van der Waals surface area contributed by atoms with Crippen LogP contribution in [0.1, 0.15) is 49.7 Å². The number of hydrogen-bond acceptors (Lipinski definition) is 8. The summed E-state index contributed by atoms with van der Waals surface area (Å²) in [7, 11) is 0. The number of aliphatic hydroxyl groups is 2. The average molecular weight is 483 g/mol. The van der Waals surface area contributed by atoms with Crippen molar-refractivity contribution in [2.75, 3.05) is 6.61 Å². The van der Waals surface area contributed by atoms with Crippen LogP contribution < -0.4 is 10.5 Å². The predicted molar refractivity (Wildman–Crippen MR) is 132 cm³/mol. The van der Waals surface area contributed by atoms with Crippen LogP contribution in [0.15, 0.2) is 28.7 Å². The zero-order valence-electron chi connectivity index (χ0n) is 20.9. The third kappa shape index (κ3) is 6.86. The van der Waals surface area contributed by atoms with Crippen LogP contribution in [0.4, 0.5) is 0 Å². The fourth-order valence-electron chi connectivity index (χ4n) is 3.90. The molecule has 188 valence electrons. The van der Waals surface area contributed by atoms with Crippen molar-refractivity contribution in [1.29, 1.82) is 0 Å². The van der Waals surface area contributed by atoms with Crippen molar-refractivity contribution < 1.29 is 24.2 Å². The Hall–Kier alpha value is -3.30. The van der Waals surface area contributed by atoms with Gasteiger partial charge in [0.2, 0.25) is 17.7 Å². The van der Waals surface area contributed by atoms with Gasteiger partial charge in [-0.05, 0) is 68.0 Å². The summed E-state index contributed by atoms with van der Waals surface area (Å²) in [5.41, 5.74) is 10.3. The van der Waals surface area contributed by atoms with Gasteiger partial charge in [-0.15, -0.1) is 10.2 Å². The summed E-state index contributed by atoms with van der Waals surface area (Å²) < 4.78 is 11.9. The lowest BCUT2D eigenvalue weighted by molar-refractivity contribution is -0.127. The second kappa shape index (κ2) is 11.4. The van der Waals surface area contributed by atoms with Crippen LogP contribution in [-0.4, -0.2) is 50.1 Å². The second-order valence-corrected chi connectivity index (χ2v) is 9.25. The first-order valence-electron chi connectivity index (χ1n) is 11.8. The first-order chi connectivity index (χ1) is 16.6. The quantitative estimate of drug-likeness (QED) is 0.378. The Bertz CT molecular complexity index is 1170. The van der Waals surface area contributed by atoms with Gasteiger partial charge in [0.25, 0.3) is 0 Å². The van der Waals surface area contributed by atoms with Crippen LogP contribution in [0.3, 0.4) is 0 Å². The molecule has 0 fully saturated rings. The average Bonchev–Trinajstić information content (AvgIpc) is 3.27. The predicted octanol–water partition coefficient (Wildman–Crippen LogP) is 3.15. The van der Waals surface area contributed by atoms with Crippen molar-refractivity contribution in [3.8, 4) is 28.7 Å². The van der Waals surface area contributed by atoms with E-state index in [-0.39, 0.29) is 13.0 Å². The van der Waals surface area contributed by atoms with Crippen molar-refractivity contribution in [2.45, 2.75) is 66.1 Å². The summed E-state index contributed by atoms with van der Waals surface area (Å²) in [6, 6.07) is 7.73. The van der Waals surface area contributed by atoms with Crippen LogP contribution in [0.5, 0.6) is 5.75 Å². The zero-order valence-corrected chi connectivity index (χ0v) is 20.9. The van der Waals surface area contributed by atoms with Crippen LogP contribution in [0.25, 0.3) is 22.9 Å². The molecule has 2 atom stereocenters. The van der Waals surface area contributed by atoms with Gasteiger partial charge in [-0.2, -0.15) is 0 Å². The Kier molecular flexibility index (Phi) is 8.58. The van der Waals surface area contributed by atoms with Gasteiger partial charge in [-0.1, -0.05) is 20.8 Å². The molecule has 2 heterocycles. The fraction of sp³-hybridized carbons (Fsp3) is 0.462. The molecule has 9 nitrogen and oxygen atoms in total. The minimum absolute atomic E-state index is 0.0810. The summed E-state index contributed by atoms with van der Waals surface area (Å²) in [5, 5.41) is 28.2. The lowest BCUT2D eigenvalue weighted by Gasteiger charge is -2.18. The number of amides is 1. The highest BCUT2D eigenvalue weighted by atomic mass is 16.5. The van der Waals surface area contributed by atoms with Crippen LogP contribution in [-0.2, 0) is 17.6 Å². The number of ether oxygens (including phenoxy) is 1. The number of benzene rings is 1. The van der Waals surface area contributed by atoms with Gasteiger partial charge in [0, 0.05) is 28.9 Å². The Balaban J connectivity index is 1.81. The number of pyridine rings is 1. The topological polar surface area (TPSA) is 145 Å². The molecular weight excluding hydrogens is 448 g/mol. The number of carbonyl (C=O) groups is 1. The van der Waals surface area contributed by atoms with Crippen molar-refractivity contribution in [2.24, 2.45) is 11.7 Å². The maximum absolute atomic E-state index is 11.0. The molecule has 9 heteroatoms. The van der Waals surface area contributed by atoms with E-state index in [2.05, 4.69) is 29.0 Å². The molecule has 0 radical (unpaired) electrons. The molecule has 1 amide bonds. The molecule has 0 aliphatic heterocycles. The van der Waals surface area contributed by atoms with Crippen molar-refractivity contribution >= 4 is 5.91 Å². The largest absolute Gasteiger partial charge is 0.490 e. The first kappa shape index (κ1) is 26.3. The normalized spacial score (nSPS) is 13.1. The number of rotatable bonds is 11. The van der Waals surface area contributed by atoms with Crippen LogP contribution in [0, 0.1) is 19.8 Å². The molecule has 1 aromatic carbocycles. The van der Waals surface area contributed by atoms with Gasteiger partial charge < -0.3 is 25.1 Å². The van der Waals surface area contributed by atoms with E-state index in [0.29, 0.717) is 29.9 Å². The lowest BCUT2D eigenvalue weighted by atomic mass is 10.0. The van der Waals surface area contributed by atoms with Gasteiger partial charge in [-0.25, -0.2) is 0 Å². The van der Waals surface area contributed by atoms with Crippen LogP contribution >= 0.6 is 0 Å². The molecule has 3 rings (SSSR count). The van der Waals surface area contributed by atoms with Crippen molar-refractivity contribution in [1.82, 2.24) is 15.2 Å². The van der Waals surface area contributed by atoms with Crippen molar-refractivity contribution in [3.63, 3.8) is 0 Å².